The van der Waals surface area contributed by atoms with Gasteiger partial charge in [0.05, 0.1) is 16.7 Å². The maximum absolute atomic E-state index is 13.4. The van der Waals surface area contributed by atoms with Gasteiger partial charge in [0.1, 0.15) is 17.9 Å². The third-order valence-electron chi connectivity index (χ3n) is 8.90. The number of fused-ring (bicyclic) bond motifs is 1. The van der Waals surface area contributed by atoms with Gasteiger partial charge in [-0.1, -0.05) is 18.5 Å². The molecule has 0 unspecified atom stereocenters. The number of H-pyrrole nitrogens is 1. The van der Waals surface area contributed by atoms with Crippen molar-refractivity contribution in [1.29, 1.82) is 0 Å². The number of nitrogens with one attached hydrogen (secondary N) is 2. The zero-order valence-corrected chi connectivity index (χ0v) is 24.1. The number of carbonyl (C=O) groups excluding carboxylic acids is 1. The molecular formula is C30H37ClN6O3. The maximum atomic E-state index is 13.4. The lowest BCUT2D eigenvalue weighted by molar-refractivity contribution is -0.123. The van der Waals surface area contributed by atoms with E-state index in [9.17, 15) is 9.59 Å². The number of hydrogen-bond donors (Lipinski definition) is 2. The second kappa shape index (κ2) is 11.0. The van der Waals surface area contributed by atoms with Crippen molar-refractivity contribution < 1.29 is 9.21 Å². The lowest BCUT2D eigenvalue weighted by Crippen LogP contribution is -2.48. The van der Waals surface area contributed by atoms with Crippen LogP contribution in [0.2, 0.25) is 5.02 Å². The molecule has 3 aliphatic rings. The van der Waals surface area contributed by atoms with Gasteiger partial charge in [-0.05, 0) is 88.2 Å². The molecule has 212 valence electrons. The molecule has 6 rings (SSSR count). The van der Waals surface area contributed by atoms with Gasteiger partial charge >= 0.3 is 0 Å². The Labute approximate surface area is 239 Å². The fraction of sp³-hybridized carbons (Fsp3) is 0.533. The van der Waals surface area contributed by atoms with E-state index in [4.69, 9.17) is 26.0 Å². The average molecular weight is 565 g/mol. The van der Waals surface area contributed by atoms with Gasteiger partial charge in [0.2, 0.25) is 11.8 Å². The zero-order valence-electron chi connectivity index (χ0n) is 23.3. The van der Waals surface area contributed by atoms with Crippen LogP contribution in [0.25, 0.3) is 11.5 Å². The number of anilines is 2. The SMILES string of the molecule is CCc1cc(-c2nc(CN3CCCC3)co2)cc(Cl)c1C1(C(C)=O)CCN(c2nc3c(c(=O)[nH]2)CCCN3)CC1. The molecule has 0 bridgehead atoms. The van der Waals surface area contributed by atoms with Crippen LogP contribution in [0.3, 0.4) is 0 Å². The number of nitrogens with zero attached hydrogens (tertiary/aromatic N) is 4. The first-order valence-corrected chi connectivity index (χ1v) is 14.9. The number of hydrogen-bond acceptors (Lipinski definition) is 8. The zero-order chi connectivity index (χ0) is 27.9. The van der Waals surface area contributed by atoms with Crippen LogP contribution in [0.5, 0.6) is 0 Å². The normalized spacial score (nSPS) is 18.9. The van der Waals surface area contributed by atoms with Crippen molar-refractivity contribution in [3.63, 3.8) is 0 Å². The standard InChI is InChI=1S/C30H37ClN6O3/c1-3-20-15-21(28-33-22(18-40-28)17-36-11-4-5-12-36)16-24(31)25(20)30(19(2)38)8-13-37(14-9-30)29-34-26-23(27(39)35-29)7-6-10-32-26/h15-16,18H,3-14,17H2,1-2H3,(H2,32,34,35,39). The fourth-order valence-corrected chi connectivity index (χ4v) is 7.07. The Balaban J connectivity index is 1.27. The van der Waals surface area contributed by atoms with Crippen LogP contribution in [0.4, 0.5) is 11.8 Å². The van der Waals surface area contributed by atoms with Crippen molar-refractivity contribution in [2.24, 2.45) is 0 Å². The predicted octanol–water partition coefficient (Wildman–Crippen LogP) is 4.72. The number of ketones is 1. The Bertz CT molecular complexity index is 1470. The molecule has 0 radical (unpaired) electrons. The number of likely N-dealkylation sites (tertiary alicyclic amines) is 1. The summed E-state index contributed by atoms with van der Waals surface area (Å²) in [4.78, 5) is 43.0. The molecule has 2 aromatic heterocycles. The van der Waals surface area contributed by atoms with Crippen LogP contribution >= 0.6 is 11.6 Å². The van der Waals surface area contributed by atoms with Crippen LogP contribution < -0.4 is 15.8 Å². The molecule has 3 aromatic rings. The summed E-state index contributed by atoms with van der Waals surface area (Å²) in [7, 11) is 0. The first-order chi connectivity index (χ1) is 19.4. The highest BCUT2D eigenvalue weighted by molar-refractivity contribution is 6.32. The van der Waals surface area contributed by atoms with Gasteiger partial charge in [0.15, 0.2) is 0 Å². The number of halogens is 1. The van der Waals surface area contributed by atoms with E-state index in [1.165, 1.54) is 12.8 Å². The highest BCUT2D eigenvalue weighted by atomic mass is 35.5. The summed E-state index contributed by atoms with van der Waals surface area (Å²) in [5.41, 5.74) is 3.63. The molecule has 1 aromatic carbocycles. The molecule has 5 heterocycles. The van der Waals surface area contributed by atoms with Gasteiger partial charge in [-0.15, -0.1) is 0 Å². The number of aryl methyl sites for hydroxylation is 1. The van der Waals surface area contributed by atoms with E-state index >= 15 is 0 Å². The quantitative estimate of drug-likeness (QED) is 0.424. The monoisotopic (exact) mass is 564 g/mol. The molecule has 0 saturated carbocycles. The summed E-state index contributed by atoms with van der Waals surface area (Å²) >= 11 is 7.02. The molecule has 0 spiro atoms. The van der Waals surface area contributed by atoms with E-state index in [1.54, 1.807) is 13.2 Å². The van der Waals surface area contributed by atoms with Crippen molar-refractivity contribution >= 4 is 29.2 Å². The number of carbonyl (C=O) groups is 1. The van der Waals surface area contributed by atoms with Crippen LogP contribution in [0, 0.1) is 0 Å². The van der Waals surface area contributed by atoms with Crippen molar-refractivity contribution in [3.05, 3.63) is 56.2 Å². The molecule has 3 aliphatic heterocycles. The minimum absolute atomic E-state index is 0.0855. The largest absolute Gasteiger partial charge is 0.444 e. The van der Waals surface area contributed by atoms with Crippen LogP contribution in [-0.2, 0) is 29.6 Å². The summed E-state index contributed by atoms with van der Waals surface area (Å²) in [6, 6.07) is 3.98. The second-order valence-corrected chi connectivity index (χ2v) is 11.8. The Kier molecular flexibility index (Phi) is 7.44. The Morgan fingerprint density at radius 1 is 1.12 bits per heavy atom. The summed E-state index contributed by atoms with van der Waals surface area (Å²) in [6.45, 7) is 8.74. The van der Waals surface area contributed by atoms with E-state index in [-0.39, 0.29) is 11.3 Å². The van der Waals surface area contributed by atoms with Crippen molar-refractivity contribution in [3.8, 4) is 11.5 Å². The van der Waals surface area contributed by atoms with Crippen molar-refractivity contribution in [2.75, 3.05) is 42.9 Å². The minimum Gasteiger partial charge on any atom is -0.444 e. The van der Waals surface area contributed by atoms with Crippen LogP contribution in [0.1, 0.15) is 68.3 Å². The van der Waals surface area contributed by atoms with E-state index in [2.05, 4.69) is 33.1 Å². The van der Waals surface area contributed by atoms with Gasteiger partial charge in [-0.25, -0.2) is 4.98 Å². The number of rotatable bonds is 7. The molecule has 0 aliphatic carbocycles. The second-order valence-electron chi connectivity index (χ2n) is 11.3. The minimum atomic E-state index is -0.707. The number of Topliss-reactive ketones (excluding diaryl/α,β-unsaturated/α-hetero) is 1. The number of aromatic amines is 1. The molecule has 2 fully saturated rings. The lowest BCUT2D eigenvalue weighted by Gasteiger charge is -2.42. The Hall–Kier alpha value is -3.17. The number of oxazole rings is 1. The van der Waals surface area contributed by atoms with E-state index in [0.29, 0.717) is 48.6 Å². The van der Waals surface area contributed by atoms with E-state index in [0.717, 1.165) is 73.4 Å². The van der Waals surface area contributed by atoms with Crippen molar-refractivity contribution in [2.45, 2.75) is 70.8 Å². The molecular weight excluding hydrogens is 528 g/mol. The highest BCUT2D eigenvalue weighted by Gasteiger charge is 2.43. The number of aromatic nitrogens is 3. The van der Waals surface area contributed by atoms with Gasteiger partial charge in [0.25, 0.3) is 5.56 Å². The molecule has 0 amide bonds. The smallest absolute Gasteiger partial charge is 0.257 e. The molecule has 9 nitrogen and oxygen atoms in total. The maximum Gasteiger partial charge on any atom is 0.257 e. The number of piperidine rings is 1. The third kappa shape index (κ3) is 4.94. The molecule has 40 heavy (non-hydrogen) atoms. The van der Waals surface area contributed by atoms with Crippen LogP contribution in [-0.4, -0.2) is 58.4 Å². The van der Waals surface area contributed by atoms with Crippen molar-refractivity contribution in [1.82, 2.24) is 19.9 Å². The van der Waals surface area contributed by atoms with Gasteiger partial charge in [0, 0.05) is 36.8 Å². The van der Waals surface area contributed by atoms with Gasteiger partial charge < -0.3 is 14.6 Å². The molecule has 10 heteroatoms. The molecule has 0 atom stereocenters. The van der Waals surface area contributed by atoms with Gasteiger partial charge in [-0.3, -0.25) is 19.5 Å². The number of benzene rings is 1. The Morgan fingerprint density at radius 3 is 2.62 bits per heavy atom. The summed E-state index contributed by atoms with van der Waals surface area (Å²) < 4.78 is 5.87. The molecule has 2 N–H and O–H groups in total. The average Bonchev–Trinajstić information content (AvgIpc) is 3.65. The first kappa shape index (κ1) is 27.0. The Morgan fingerprint density at radius 2 is 1.90 bits per heavy atom. The molecule has 2 saturated heterocycles. The third-order valence-corrected chi connectivity index (χ3v) is 9.20. The highest BCUT2D eigenvalue weighted by Crippen LogP contribution is 2.44. The summed E-state index contributed by atoms with van der Waals surface area (Å²) in [5, 5.41) is 3.83. The fourth-order valence-electron chi connectivity index (χ4n) is 6.65. The predicted molar refractivity (Wildman–Crippen MR) is 156 cm³/mol. The van der Waals surface area contributed by atoms with E-state index < -0.39 is 5.41 Å². The van der Waals surface area contributed by atoms with Gasteiger partial charge in [-0.2, -0.15) is 4.98 Å². The van der Waals surface area contributed by atoms with E-state index in [1.807, 2.05) is 6.07 Å². The summed E-state index contributed by atoms with van der Waals surface area (Å²) in [6.07, 6.45) is 7.77. The first-order valence-electron chi connectivity index (χ1n) is 14.5. The lowest BCUT2D eigenvalue weighted by atomic mass is 9.68. The summed E-state index contributed by atoms with van der Waals surface area (Å²) in [5.74, 6) is 1.89. The topological polar surface area (TPSA) is 107 Å². The van der Waals surface area contributed by atoms with Crippen LogP contribution in [0.15, 0.2) is 27.6 Å².